The predicted molar refractivity (Wildman–Crippen MR) is 110 cm³/mol. The second-order valence-corrected chi connectivity index (χ2v) is 7.54. The van der Waals surface area contributed by atoms with Gasteiger partial charge in [0.25, 0.3) is 0 Å². The van der Waals surface area contributed by atoms with Gasteiger partial charge in [-0.2, -0.15) is 0 Å². The Bertz CT molecular complexity index is 822. The average molecular weight is 371 g/mol. The summed E-state index contributed by atoms with van der Waals surface area (Å²) in [6.07, 6.45) is 12.4. The normalized spacial score (nSPS) is 15.3. The van der Waals surface area contributed by atoms with Gasteiger partial charge in [-0.15, -0.1) is 0 Å². The van der Waals surface area contributed by atoms with Crippen molar-refractivity contribution in [3.05, 3.63) is 64.5 Å². The van der Waals surface area contributed by atoms with Gasteiger partial charge in [0.1, 0.15) is 0 Å². The number of ether oxygens (including phenoxy) is 1. The van der Waals surface area contributed by atoms with Gasteiger partial charge in [0, 0.05) is 24.5 Å². The number of nitrogens with zero attached hydrogens (tertiary/aromatic N) is 2. The number of pyridine rings is 1. The molecule has 0 amide bonds. The van der Waals surface area contributed by atoms with Crippen LogP contribution >= 0.6 is 11.6 Å². The molecule has 1 saturated carbocycles. The topological polar surface area (TPSA) is 25.4 Å². The van der Waals surface area contributed by atoms with Crippen molar-refractivity contribution in [1.29, 1.82) is 0 Å². The van der Waals surface area contributed by atoms with Crippen LogP contribution in [0.5, 0.6) is 0 Å². The minimum Gasteiger partial charge on any atom is -0.501 e. The molecule has 2 aromatic rings. The molecule has 0 bridgehead atoms. The molecule has 0 atom stereocenters. The Morgan fingerprint density at radius 3 is 2.88 bits per heavy atom. The number of aryl methyl sites for hydroxylation is 1. The minimum absolute atomic E-state index is 0.634. The summed E-state index contributed by atoms with van der Waals surface area (Å²) in [5.41, 5.74) is 3.78. The van der Waals surface area contributed by atoms with Crippen LogP contribution in [0.25, 0.3) is 10.9 Å². The number of halogens is 1. The monoisotopic (exact) mass is 370 g/mol. The molecule has 1 aromatic heterocycles. The third-order valence-electron chi connectivity index (χ3n) is 4.74. The van der Waals surface area contributed by atoms with Gasteiger partial charge in [-0.05, 0) is 74.7 Å². The zero-order valence-electron chi connectivity index (χ0n) is 15.8. The van der Waals surface area contributed by atoms with Crippen molar-refractivity contribution in [3.8, 4) is 0 Å². The van der Waals surface area contributed by atoms with Crippen LogP contribution in [0.15, 0.2) is 48.4 Å². The number of rotatable bonds is 8. The van der Waals surface area contributed by atoms with Gasteiger partial charge in [-0.1, -0.05) is 23.8 Å². The molecule has 26 heavy (non-hydrogen) atoms. The van der Waals surface area contributed by atoms with E-state index in [0.29, 0.717) is 5.92 Å². The Balaban J connectivity index is 1.81. The van der Waals surface area contributed by atoms with Crippen LogP contribution in [0.4, 0.5) is 0 Å². The third-order valence-corrected chi connectivity index (χ3v) is 5.06. The quantitative estimate of drug-likeness (QED) is 0.463. The lowest BCUT2D eigenvalue weighted by atomic mass is 9.95. The number of likely N-dealkylation sites (N-methyl/N-ethyl adjacent to an activating group) is 1. The van der Waals surface area contributed by atoms with Gasteiger partial charge < -0.3 is 9.64 Å². The molecule has 1 fully saturated rings. The SMILES string of the molecule is CO/C(=C\C=C\CN(C)C)CCc1cc(Cl)c2cccnc2c1C1CC1. The van der Waals surface area contributed by atoms with E-state index in [1.165, 1.54) is 24.0 Å². The molecule has 0 spiro atoms. The highest BCUT2D eigenvalue weighted by molar-refractivity contribution is 6.35. The van der Waals surface area contributed by atoms with Gasteiger partial charge in [-0.3, -0.25) is 4.98 Å². The first-order chi connectivity index (χ1) is 12.6. The number of allylic oxidation sites excluding steroid dienone is 3. The standard InChI is InChI=1S/C22H27ClN2O/c1-25(2)14-5-4-7-18(26-3)12-11-17-15-20(23)19-8-6-13-24-22(19)21(17)16-9-10-16/h4-8,13,15-16H,9-12,14H2,1-3H3/b5-4+,18-7-. The molecule has 0 N–H and O–H groups in total. The molecule has 0 saturated heterocycles. The van der Waals surface area contributed by atoms with Crippen LogP contribution in [0.1, 0.15) is 36.3 Å². The van der Waals surface area contributed by atoms with E-state index in [4.69, 9.17) is 16.3 Å². The molecule has 3 nitrogen and oxygen atoms in total. The Kier molecular flexibility index (Phi) is 6.33. The molecule has 0 aliphatic heterocycles. The molecule has 4 heteroatoms. The number of hydrogen-bond donors (Lipinski definition) is 0. The first-order valence-electron chi connectivity index (χ1n) is 9.20. The fourth-order valence-electron chi connectivity index (χ4n) is 3.27. The number of hydrogen-bond acceptors (Lipinski definition) is 3. The Morgan fingerprint density at radius 1 is 1.38 bits per heavy atom. The molecule has 0 unspecified atom stereocenters. The first-order valence-corrected chi connectivity index (χ1v) is 9.58. The summed E-state index contributed by atoms with van der Waals surface area (Å²) in [7, 11) is 5.85. The summed E-state index contributed by atoms with van der Waals surface area (Å²) in [4.78, 5) is 6.77. The third kappa shape index (κ3) is 4.66. The van der Waals surface area contributed by atoms with Gasteiger partial charge in [0.15, 0.2) is 0 Å². The fourth-order valence-corrected chi connectivity index (χ4v) is 3.55. The molecule has 1 aromatic carbocycles. The maximum atomic E-state index is 6.54. The van der Waals surface area contributed by atoms with E-state index >= 15 is 0 Å². The van der Waals surface area contributed by atoms with Crippen LogP contribution in [0.3, 0.4) is 0 Å². The molecular weight excluding hydrogens is 344 g/mol. The van der Waals surface area contributed by atoms with Crippen LogP contribution in [0.2, 0.25) is 5.02 Å². The first kappa shape index (κ1) is 18.9. The summed E-state index contributed by atoms with van der Waals surface area (Å²) < 4.78 is 5.56. The number of fused-ring (bicyclic) bond motifs is 1. The van der Waals surface area contributed by atoms with Crippen molar-refractivity contribution in [2.45, 2.75) is 31.6 Å². The van der Waals surface area contributed by atoms with Crippen LogP contribution < -0.4 is 0 Å². The van der Waals surface area contributed by atoms with Crippen molar-refractivity contribution in [2.24, 2.45) is 0 Å². The zero-order chi connectivity index (χ0) is 18.5. The van der Waals surface area contributed by atoms with Crippen LogP contribution in [0, 0.1) is 0 Å². The molecule has 0 radical (unpaired) electrons. The van der Waals surface area contributed by atoms with Gasteiger partial charge in [0.2, 0.25) is 0 Å². The smallest absolute Gasteiger partial charge is 0.0958 e. The highest BCUT2D eigenvalue weighted by Gasteiger charge is 2.29. The maximum absolute atomic E-state index is 6.54. The molecule has 3 rings (SSSR count). The minimum atomic E-state index is 0.634. The summed E-state index contributed by atoms with van der Waals surface area (Å²) in [6, 6.07) is 6.15. The van der Waals surface area contributed by atoms with E-state index in [1.807, 2.05) is 12.3 Å². The lowest BCUT2D eigenvalue weighted by molar-refractivity contribution is 0.277. The average Bonchev–Trinajstić information content (AvgIpc) is 3.46. The van der Waals surface area contributed by atoms with Gasteiger partial charge in [0.05, 0.1) is 23.4 Å². The van der Waals surface area contributed by atoms with Crippen molar-refractivity contribution in [3.63, 3.8) is 0 Å². The lowest BCUT2D eigenvalue weighted by Gasteiger charge is -2.14. The van der Waals surface area contributed by atoms with E-state index in [0.717, 1.165) is 41.1 Å². The van der Waals surface area contributed by atoms with Gasteiger partial charge in [-0.25, -0.2) is 0 Å². The van der Waals surface area contributed by atoms with E-state index in [1.54, 1.807) is 7.11 Å². The van der Waals surface area contributed by atoms with Crippen molar-refractivity contribution < 1.29 is 4.74 Å². The fraction of sp³-hybridized carbons (Fsp3) is 0.409. The number of benzene rings is 1. The van der Waals surface area contributed by atoms with Crippen LogP contribution in [-0.4, -0.2) is 37.6 Å². The summed E-state index contributed by atoms with van der Waals surface area (Å²) in [5.74, 6) is 1.62. The molecule has 1 aliphatic rings. The number of methoxy groups -OCH3 is 1. The van der Waals surface area contributed by atoms with Crippen molar-refractivity contribution in [1.82, 2.24) is 9.88 Å². The summed E-state index contributed by atoms with van der Waals surface area (Å²) in [5, 5.41) is 1.86. The second kappa shape index (κ2) is 8.70. The highest BCUT2D eigenvalue weighted by Crippen LogP contribution is 2.46. The second-order valence-electron chi connectivity index (χ2n) is 7.13. The lowest BCUT2D eigenvalue weighted by Crippen LogP contribution is -2.10. The highest BCUT2D eigenvalue weighted by atomic mass is 35.5. The largest absolute Gasteiger partial charge is 0.501 e. The number of aromatic nitrogens is 1. The van der Waals surface area contributed by atoms with Crippen LogP contribution in [-0.2, 0) is 11.2 Å². The van der Waals surface area contributed by atoms with Crippen molar-refractivity contribution >= 4 is 22.5 Å². The zero-order valence-corrected chi connectivity index (χ0v) is 16.6. The predicted octanol–water partition coefficient (Wildman–Crippen LogP) is 5.35. The molecule has 1 heterocycles. The Morgan fingerprint density at radius 2 is 2.19 bits per heavy atom. The van der Waals surface area contributed by atoms with E-state index in [9.17, 15) is 0 Å². The van der Waals surface area contributed by atoms with E-state index < -0.39 is 0 Å². The van der Waals surface area contributed by atoms with Gasteiger partial charge >= 0.3 is 0 Å². The van der Waals surface area contributed by atoms with E-state index in [-0.39, 0.29) is 0 Å². The Labute approximate surface area is 161 Å². The Hall–Kier alpha value is -1.84. The maximum Gasteiger partial charge on any atom is 0.0958 e. The summed E-state index contributed by atoms with van der Waals surface area (Å²) in [6.45, 7) is 0.922. The molecule has 138 valence electrons. The molecular formula is C22H27ClN2O. The van der Waals surface area contributed by atoms with Crippen molar-refractivity contribution in [2.75, 3.05) is 27.7 Å². The molecule has 1 aliphatic carbocycles. The summed E-state index contributed by atoms with van der Waals surface area (Å²) >= 11 is 6.54. The van der Waals surface area contributed by atoms with E-state index in [2.05, 4.69) is 54.3 Å².